The van der Waals surface area contributed by atoms with E-state index >= 15 is 0 Å². The van der Waals surface area contributed by atoms with Crippen molar-refractivity contribution in [2.24, 2.45) is 0 Å². The summed E-state index contributed by atoms with van der Waals surface area (Å²) in [5.74, 6) is 1.90. The third kappa shape index (κ3) is 3.98. The van der Waals surface area contributed by atoms with Crippen LogP contribution < -0.4 is 10.1 Å². The number of aromatic nitrogens is 2. The number of nitrogens with one attached hydrogen (secondary N) is 1. The number of hydrogen-bond acceptors (Lipinski definition) is 6. The van der Waals surface area contributed by atoms with Crippen molar-refractivity contribution in [1.29, 1.82) is 0 Å². The quantitative estimate of drug-likeness (QED) is 0.706. The third-order valence-corrected chi connectivity index (χ3v) is 4.79. The highest BCUT2D eigenvalue weighted by molar-refractivity contribution is 5.94. The summed E-state index contributed by atoms with van der Waals surface area (Å²) in [5.41, 5.74) is 2.47. The zero-order valence-corrected chi connectivity index (χ0v) is 15.7. The molecule has 2 aromatic carbocycles. The van der Waals surface area contributed by atoms with Crippen molar-refractivity contribution in [1.82, 2.24) is 15.0 Å². The molecule has 0 atom stereocenters. The first-order chi connectivity index (χ1) is 13.7. The SMILES string of the molecule is COc1ccc(-c2noc(CNc3ccc(C(=O)N4CCCC4)cc3)n2)cc1. The van der Waals surface area contributed by atoms with Crippen LogP contribution in [0.25, 0.3) is 11.4 Å². The Labute approximate surface area is 163 Å². The molecule has 3 aromatic rings. The zero-order chi connectivity index (χ0) is 19.3. The van der Waals surface area contributed by atoms with E-state index in [1.54, 1.807) is 7.11 Å². The van der Waals surface area contributed by atoms with Crippen LogP contribution in [0.5, 0.6) is 5.75 Å². The Balaban J connectivity index is 1.35. The molecule has 1 saturated heterocycles. The van der Waals surface area contributed by atoms with E-state index in [-0.39, 0.29) is 5.91 Å². The van der Waals surface area contributed by atoms with Gasteiger partial charge in [0.2, 0.25) is 11.7 Å². The molecule has 7 nitrogen and oxygen atoms in total. The molecule has 1 aliphatic heterocycles. The van der Waals surface area contributed by atoms with Gasteiger partial charge in [-0.1, -0.05) is 5.16 Å². The molecular formula is C21H22N4O3. The van der Waals surface area contributed by atoms with Gasteiger partial charge in [0.1, 0.15) is 5.75 Å². The Morgan fingerprint density at radius 2 is 1.82 bits per heavy atom. The van der Waals surface area contributed by atoms with Crippen molar-refractivity contribution in [2.45, 2.75) is 19.4 Å². The maximum absolute atomic E-state index is 12.4. The first-order valence-electron chi connectivity index (χ1n) is 9.33. The Bertz CT molecular complexity index is 929. The average molecular weight is 378 g/mol. The first kappa shape index (κ1) is 18.0. The number of carbonyl (C=O) groups is 1. The van der Waals surface area contributed by atoms with E-state index in [0.29, 0.717) is 23.8 Å². The van der Waals surface area contributed by atoms with Gasteiger partial charge >= 0.3 is 0 Å². The summed E-state index contributed by atoms with van der Waals surface area (Å²) >= 11 is 0. The minimum Gasteiger partial charge on any atom is -0.497 e. The Morgan fingerprint density at radius 3 is 2.50 bits per heavy atom. The zero-order valence-electron chi connectivity index (χ0n) is 15.7. The molecule has 1 aromatic heterocycles. The minimum atomic E-state index is 0.102. The Morgan fingerprint density at radius 1 is 1.11 bits per heavy atom. The fourth-order valence-electron chi connectivity index (χ4n) is 3.20. The van der Waals surface area contributed by atoms with E-state index in [4.69, 9.17) is 9.26 Å². The second kappa shape index (κ2) is 8.12. The molecule has 28 heavy (non-hydrogen) atoms. The van der Waals surface area contributed by atoms with Gasteiger partial charge in [-0.15, -0.1) is 0 Å². The largest absolute Gasteiger partial charge is 0.497 e. The van der Waals surface area contributed by atoms with E-state index < -0.39 is 0 Å². The number of methoxy groups -OCH3 is 1. The molecule has 4 rings (SSSR count). The lowest BCUT2D eigenvalue weighted by Gasteiger charge is -2.15. The van der Waals surface area contributed by atoms with Gasteiger partial charge in [-0.2, -0.15) is 4.98 Å². The molecule has 1 aliphatic rings. The van der Waals surface area contributed by atoms with Crippen molar-refractivity contribution in [3.05, 3.63) is 60.0 Å². The number of likely N-dealkylation sites (tertiary alicyclic amines) is 1. The topological polar surface area (TPSA) is 80.5 Å². The van der Waals surface area contributed by atoms with Crippen molar-refractivity contribution < 1.29 is 14.1 Å². The van der Waals surface area contributed by atoms with Crippen molar-refractivity contribution >= 4 is 11.6 Å². The molecule has 1 fully saturated rings. The molecular weight excluding hydrogens is 356 g/mol. The predicted molar refractivity (Wildman–Crippen MR) is 105 cm³/mol. The lowest BCUT2D eigenvalue weighted by Crippen LogP contribution is -2.27. The van der Waals surface area contributed by atoms with Crippen molar-refractivity contribution in [3.8, 4) is 17.1 Å². The molecule has 0 saturated carbocycles. The Kier molecular flexibility index (Phi) is 5.23. The van der Waals surface area contributed by atoms with Gasteiger partial charge in [0.25, 0.3) is 5.91 Å². The van der Waals surface area contributed by atoms with Gasteiger partial charge in [0, 0.05) is 29.9 Å². The van der Waals surface area contributed by atoms with Crippen LogP contribution in [-0.4, -0.2) is 41.1 Å². The predicted octanol–water partition coefficient (Wildman–Crippen LogP) is 3.59. The fourth-order valence-corrected chi connectivity index (χ4v) is 3.20. The van der Waals surface area contributed by atoms with Crippen LogP contribution in [0.2, 0.25) is 0 Å². The van der Waals surface area contributed by atoms with Gasteiger partial charge < -0.3 is 19.5 Å². The van der Waals surface area contributed by atoms with E-state index in [1.165, 1.54) is 0 Å². The number of nitrogens with zero attached hydrogens (tertiary/aromatic N) is 3. The van der Waals surface area contributed by atoms with Crippen LogP contribution in [0.4, 0.5) is 5.69 Å². The summed E-state index contributed by atoms with van der Waals surface area (Å²) in [5, 5.41) is 7.26. The summed E-state index contributed by atoms with van der Waals surface area (Å²) in [6, 6.07) is 15.0. The first-order valence-corrected chi connectivity index (χ1v) is 9.33. The standard InChI is InChI=1S/C21H22N4O3/c1-27-18-10-6-15(7-11-18)20-23-19(28-24-20)14-22-17-8-4-16(5-9-17)21(26)25-12-2-3-13-25/h4-11,22H,2-3,12-14H2,1H3. The molecule has 2 heterocycles. The lowest BCUT2D eigenvalue weighted by molar-refractivity contribution is 0.0793. The molecule has 144 valence electrons. The number of amides is 1. The highest BCUT2D eigenvalue weighted by Gasteiger charge is 2.19. The smallest absolute Gasteiger partial charge is 0.253 e. The number of benzene rings is 2. The molecule has 1 N–H and O–H groups in total. The molecule has 0 bridgehead atoms. The van der Waals surface area contributed by atoms with Crippen LogP contribution in [0, 0.1) is 0 Å². The normalized spacial score (nSPS) is 13.5. The van der Waals surface area contributed by atoms with Crippen LogP contribution in [0.1, 0.15) is 29.1 Å². The third-order valence-electron chi connectivity index (χ3n) is 4.79. The molecule has 1 amide bonds. The monoisotopic (exact) mass is 378 g/mol. The maximum Gasteiger partial charge on any atom is 0.253 e. The second-order valence-corrected chi connectivity index (χ2v) is 6.67. The summed E-state index contributed by atoms with van der Waals surface area (Å²) in [7, 11) is 1.63. The highest BCUT2D eigenvalue weighted by atomic mass is 16.5. The molecule has 0 spiro atoms. The number of ether oxygens (including phenoxy) is 1. The van der Waals surface area contributed by atoms with Crippen LogP contribution >= 0.6 is 0 Å². The average Bonchev–Trinajstić information content (AvgIpc) is 3.44. The number of carbonyl (C=O) groups excluding carboxylic acids is 1. The molecule has 0 radical (unpaired) electrons. The minimum absolute atomic E-state index is 0.102. The van der Waals surface area contributed by atoms with Gasteiger partial charge in [-0.25, -0.2) is 0 Å². The fraction of sp³-hybridized carbons (Fsp3) is 0.286. The number of rotatable bonds is 6. The van der Waals surface area contributed by atoms with Gasteiger partial charge in [-0.3, -0.25) is 4.79 Å². The van der Waals surface area contributed by atoms with E-state index in [0.717, 1.165) is 42.9 Å². The van der Waals surface area contributed by atoms with Gasteiger partial charge in [-0.05, 0) is 61.4 Å². The Hall–Kier alpha value is -3.35. The molecule has 0 aliphatic carbocycles. The molecule has 0 unspecified atom stereocenters. The van der Waals surface area contributed by atoms with Crippen LogP contribution in [0.15, 0.2) is 53.1 Å². The molecule has 7 heteroatoms. The summed E-state index contributed by atoms with van der Waals surface area (Å²) in [6.07, 6.45) is 2.18. The van der Waals surface area contributed by atoms with Crippen molar-refractivity contribution in [2.75, 3.05) is 25.5 Å². The van der Waals surface area contributed by atoms with E-state index in [2.05, 4.69) is 15.5 Å². The van der Waals surface area contributed by atoms with E-state index in [9.17, 15) is 4.79 Å². The number of anilines is 1. The van der Waals surface area contributed by atoms with Gasteiger partial charge in [0.05, 0.1) is 13.7 Å². The van der Waals surface area contributed by atoms with E-state index in [1.807, 2.05) is 53.4 Å². The van der Waals surface area contributed by atoms with Crippen molar-refractivity contribution in [3.63, 3.8) is 0 Å². The second-order valence-electron chi connectivity index (χ2n) is 6.67. The number of hydrogen-bond donors (Lipinski definition) is 1. The maximum atomic E-state index is 12.4. The summed E-state index contributed by atoms with van der Waals surface area (Å²) < 4.78 is 10.5. The summed E-state index contributed by atoms with van der Waals surface area (Å²) in [4.78, 5) is 18.7. The lowest BCUT2D eigenvalue weighted by atomic mass is 10.2. The van der Waals surface area contributed by atoms with Crippen LogP contribution in [0.3, 0.4) is 0 Å². The summed E-state index contributed by atoms with van der Waals surface area (Å²) in [6.45, 7) is 2.11. The van der Waals surface area contributed by atoms with Crippen LogP contribution in [-0.2, 0) is 6.54 Å². The highest BCUT2D eigenvalue weighted by Crippen LogP contribution is 2.20. The van der Waals surface area contributed by atoms with Gasteiger partial charge in [0.15, 0.2) is 0 Å².